The second kappa shape index (κ2) is 7.68. The van der Waals surface area contributed by atoms with E-state index in [1.165, 1.54) is 0 Å². The lowest BCUT2D eigenvalue weighted by atomic mass is 10.2. The zero-order valence-electron chi connectivity index (χ0n) is 17.8. The number of aromatic nitrogens is 5. The highest BCUT2D eigenvalue weighted by atomic mass is 15.2. The summed E-state index contributed by atoms with van der Waals surface area (Å²) in [5.74, 6) is 2.44. The first-order valence-electron chi connectivity index (χ1n) is 10.8. The van der Waals surface area contributed by atoms with Gasteiger partial charge in [0.1, 0.15) is 11.6 Å². The van der Waals surface area contributed by atoms with Gasteiger partial charge in [-0.05, 0) is 26.0 Å². The molecule has 4 heterocycles. The minimum Gasteiger partial charge on any atom is -0.368 e. The third-order valence-corrected chi connectivity index (χ3v) is 5.81. The third-order valence-electron chi connectivity index (χ3n) is 5.81. The van der Waals surface area contributed by atoms with E-state index >= 15 is 0 Å². The van der Waals surface area contributed by atoms with E-state index in [9.17, 15) is 0 Å². The number of piperazine rings is 1. The Labute approximate surface area is 176 Å². The Balaban J connectivity index is 1.40. The van der Waals surface area contributed by atoms with Gasteiger partial charge in [-0.2, -0.15) is 0 Å². The quantitative estimate of drug-likeness (QED) is 0.529. The van der Waals surface area contributed by atoms with Crippen molar-refractivity contribution in [2.45, 2.75) is 39.7 Å². The number of hydrogen-bond acceptors (Lipinski definition) is 7. The van der Waals surface area contributed by atoms with E-state index in [0.717, 1.165) is 79.0 Å². The molecule has 1 saturated heterocycles. The molecule has 0 amide bonds. The van der Waals surface area contributed by atoms with Crippen LogP contribution in [0, 0.1) is 0 Å². The molecule has 0 spiro atoms. The van der Waals surface area contributed by atoms with Crippen LogP contribution < -0.4 is 15.5 Å². The van der Waals surface area contributed by atoms with E-state index in [1.54, 1.807) is 0 Å². The van der Waals surface area contributed by atoms with Crippen molar-refractivity contribution >= 4 is 17.5 Å². The Bertz CT molecular complexity index is 1050. The molecule has 2 N–H and O–H groups in total. The topological polar surface area (TPSA) is 83.8 Å². The molecular weight excluding hydrogens is 376 g/mol. The van der Waals surface area contributed by atoms with E-state index in [1.807, 2.05) is 18.5 Å². The fourth-order valence-corrected chi connectivity index (χ4v) is 4.38. The number of nitrogens with one attached hydrogen (secondary N) is 2. The van der Waals surface area contributed by atoms with Gasteiger partial charge < -0.3 is 20.1 Å². The van der Waals surface area contributed by atoms with Crippen LogP contribution in [0.5, 0.6) is 0 Å². The van der Waals surface area contributed by atoms with Gasteiger partial charge in [-0.1, -0.05) is 6.92 Å². The summed E-state index contributed by atoms with van der Waals surface area (Å²) in [4.78, 5) is 21.2. The normalized spacial score (nSPS) is 15.4. The van der Waals surface area contributed by atoms with Gasteiger partial charge in [-0.15, -0.1) is 0 Å². The van der Waals surface area contributed by atoms with Gasteiger partial charge in [0.15, 0.2) is 0 Å². The highest BCUT2D eigenvalue weighted by Crippen LogP contribution is 2.38. The molecule has 1 aliphatic carbocycles. The number of rotatable bonds is 5. The van der Waals surface area contributed by atoms with Crippen molar-refractivity contribution < 1.29 is 0 Å². The molecule has 3 aromatic rings. The van der Waals surface area contributed by atoms with Crippen LogP contribution in [0.25, 0.3) is 11.4 Å². The van der Waals surface area contributed by atoms with Crippen molar-refractivity contribution in [2.24, 2.45) is 0 Å². The van der Waals surface area contributed by atoms with Gasteiger partial charge in [0.2, 0.25) is 5.95 Å². The molecule has 5 rings (SSSR count). The monoisotopic (exact) mass is 404 g/mol. The molecule has 0 atom stereocenters. The van der Waals surface area contributed by atoms with E-state index in [0.29, 0.717) is 12.0 Å². The number of fused-ring (bicyclic) bond motifs is 3. The lowest BCUT2D eigenvalue weighted by Crippen LogP contribution is -2.43. The molecule has 0 bridgehead atoms. The molecule has 1 aliphatic heterocycles. The molecular formula is C22H28N8. The largest absolute Gasteiger partial charge is 0.368 e. The summed E-state index contributed by atoms with van der Waals surface area (Å²) in [5, 5.41) is 6.65. The molecule has 156 valence electrons. The summed E-state index contributed by atoms with van der Waals surface area (Å²) in [7, 11) is 0. The molecule has 3 aromatic heterocycles. The standard InChI is InChI=1S/C22H28N8/c1-4-19-26-17-11-15-12-25-22(28-20(15)21(17)30(19)14(2)3)27-18-6-5-16(13-24-18)29-9-7-23-8-10-29/h5-6,12-14,23H,4,7-11H2,1-3H3,(H,24,25,27,28). The van der Waals surface area contributed by atoms with Crippen LogP contribution in [-0.4, -0.2) is 50.7 Å². The van der Waals surface area contributed by atoms with Crippen molar-refractivity contribution in [3.8, 4) is 11.4 Å². The fraction of sp³-hybridized carbons (Fsp3) is 0.455. The Morgan fingerprint density at radius 3 is 2.63 bits per heavy atom. The molecule has 8 nitrogen and oxygen atoms in total. The van der Waals surface area contributed by atoms with E-state index in [-0.39, 0.29) is 0 Å². The van der Waals surface area contributed by atoms with Crippen LogP contribution in [0.15, 0.2) is 24.5 Å². The minimum atomic E-state index is 0.340. The summed E-state index contributed by atoms with van der Waals surface area (Å²) >= 11 is 0. The predicted octanol–water partition coefficient (Wildman–Crippen LogP) is 2.94. The van der Waals surface area contributed by atoms with E-state index in [2.05, 4.69) is 56.9 Å². The third kappa shape index (κ3) is 3.31. The number of imidazole rings is 1. The molecule has 30 heavy (non-hydrogen) atoms. The minimum absolute atomic E-state index is 0.340. The highest BCUT2D eigenvalue weighted by molar-refractivity contribution is 5.71. The summed E-state index contributed by atoms with van der Waals surface area (Å²) < 4.78 is 2.32. The maximum atomic E-state index is 4.87. The predicted molar refractivity (Wildman–Crippen MR) is 118 cm³/mol. The van der Waals surface area contributed by atoms with Gasteiger partial charge in [-0.25, -0.2) is 19.9 Å². The average molecular weight is 405 g/mol. The summed E-state index contributed by atoms with van der Waals surface area (Å²) in [6.45, 7) is 10.6. The highest BCUT2D eigenvalue weighted by Gasteiger charge is 2.29. The number of nitrogens with zero attached hydrogens (tertiary/aromatic N) is 6. The van der Waals surface area contributed by atoms with Gasteiger partial charge in [0.05, 0.1) is 29.0 Å². The Kier molecular flexibility index (Phi) is 4.86. The molecule has 0 saturated carbocycles. The first-order chi connectivity index (χ1) is 14.6. The second-order valence-electron chi connectivity index (χ2n) is 8.15. The molecule has 0 unspecified atom stereocenters. The molecule has 1 fully saturated rings. The number of aryl methyl sites for hydroxylation is 1. The van der Waals surface area contributed by atoms with Crippen LogP contribution in [0.2, 0.25) is 0 Å². The van der Waals surface area contributed by atoms with Gasteiger partial charge in [0.25, 0.3) is 0 Å². The lowest BCUT2D eigenvalue weighted by Gasteiger charge is -2.29. The zero-order chi connectivity index (χ0) is 20.7. The zero-order valence-corrected chi connectivity index (χ0v) is 17.8. The first kappa shape index (κ1) is 19.0. The van der Waals surface area contributed by atoms with E-state index in [4.69, 9.17) is 9.97 Å². The fourth-order valence-electron chi connectivity index (χ4n) is 4.38. The second-order valence-corrected chi connectivity index (χ2v) is 8.15. The molecule has 0 aromatic carbocycles. The molecule has 8 heteroatoms. The van der Waals surface area contributed by atoms with Crippen LogP contribution in [0.1, 0.15) is 43.9 Å². The first-order valence-corrected chi connectivity index (χ1v) is 10.8. The van der Waals surface area contributed by atoms with Crippen molar-refractivity contribution in [2.75, 3.05) is 36.4 Å². The Morgan fingerprint density at radius 2 is 1.93 bits per heavy atom. The van der Waals surface area contributed by atoms with Crippen LogP contribution >= 0.6 is 0 Å². The Hall–Kier alpha value is -3.00. The summed E-state index contributed by atoms with van der Waals surface area (Å²) in [6, 6.07) is 4.44. The maximum Gasteiger partial charge on any atom is 0.228 e. The molecule has 0 radical (unpaired) electrons. The van der Waals surface area contributed by atoms with E-state index < -0.39 is 0 Å². The number of pyridine rings is 1. The average Bonchev–Trinajstić information content (AvgIpc) is 3.30. The van der Waals surface area contributed by atoms with Gasteiger partial charge >= 0.3 is 0 Å². The SMILES string of the molecule is CCc1nc2c(n1C(C)C)-c1nc(Nc3ccc(N4CCNCC4)cn3)ncc1C2. The summed E-state index contributed by atoms with van der Waals surface area (Å²) in [6.07, 6.45) is 5.55. The van der Waals surface area contributed by atoms with Crippen molar-refractivity contribution in [3.05, 3.63) is 41.6 Å². The van der Waals surface area contributed by atoms with Crippen molar-refractivity contribution in [1.82, 2.24) is 29.8 Å². The van der Waals surface area contributed by atoms with Crippen LogP contribution in [0.4, 0.5) is 17.5 Å². The van der Waals surface area contributed by atoms with Gasteiger partial charge in [0, 0.05) is 56.8 Å². The van der Waals surface area contributed by atoms with Crippen molar-refractivity contribution in [3.63, 3.8) is 0 Å². The van der Waals surface area contributed by atoms with Crippen LogP contribution in [0.3, 0.4) is 0 Å². The Morgan fingerprint density at radius 1 is 1.10 bits per heavy atom. The molecule has 2 aliphatic rings. The smallest absolute Gasteiger partial charge is 0.228 e. The summed E-state index contributed by atoms with van der Waals surface area (Å²) in [5.41, 5.74) is 5.53. The lowest BCUT2D eigenvalue weighted by molar-refractivity contribution is 0.576. The van der Waals surface area contributed by atoms with Gasteiger partial charge in [-0.3, -0.25) is 0 Å². The number of anilines is 3. The number of hydrogen-bond donors (Lipinski definition) is 2. The van der Waals surface area contributed by atoms with Crippen molar-refractivity contribution in [1.29, 1.82) is 0 Å². The van der Waals surface area contributed by atoms with Crippen LogP contribution in [-0.2, 0) is 12.8 Å². The maximum absolute atomic E-state index is 4.87.